The van der Waals surface area contributed by atoms with Crippen molar-refractivity contribution in [1.82, 2.24) is 10.3 Å². The van der Waals surface area contributed by atoms with Gasteiger partial charge in [-0.1, -0.05) is 0 Å². The topological polar surface area (TPSA) is 68.0 Å². The molecule has 15 heavy (non-hydrogen) atoms. The zero-order chi connectivity index (χ0) is 10.7. The van der Waals surface area contributed by atoms with Gasteiger partial charge in [-0.2, -0.15) is 0 Å². The summed E-state index contributed by atoms with van der Waals surface area (Å²) in [6, 6.07) is 0. The Labute approximate surface area is 92.9 Å². The number of nitrogens with zero attached hydrogens (tertiary/aromatic N) is 1. The lowest BCUT2D eigenvalue weighted by atomic mass is 9.77. The summed E-state index contributed by atoms with van der Waals surface area (Å²) in [7, 11) is 0. The third kappa shape index (κ3) is 2.35. The number of amides is 1. The molecule has 1 aromatic heterocycles. The van der Waals surface area contributed by atoms with E-state index in [1.807, 2.05) is 5.38 Å². The largest absolute Gasteiger partial charge is 0.354 e. The van der Waals surface area contributed by atoms with Crippen LogP contribution in [0.15, 0.2) is 10.9 Å². The maximum absolute atomic E-state index is 11.6. The quantitative estimate of drug-likeness (QED) is 0.792. The maximum Gasteiger partial charge on any atom is 0.240 e. The maximum atomic E-state index is 11.6. The second kappa shape index (κ2) is 4.28. The lowest BCUT2D eigenvalue weighted by Crippen LogP contribution is -2.58. The van der Waals surface area contributed by atoms with Gasteiger partial charge in [0.2, 0.25) is 5.91 Å². The smallest absolute Gasteiger partial charge is 0.240 e. The molecule has 82 valence electrons. The van der Waals surface area contributed by atoms with E-state index in [-0.39, 0.29) is 5.91 Å². The molecule has 0 saturated heterocycles. The van der Waals surface area contributed by atoms with E-state index < -0.39 is 5.54 Å². The van der Waals surface area contributed by atoms with Crippen molar-refractivity contribution < 1.29 is 4.79 Å². The summed E-state index contributed by atoms with van der Waals surface area (Å²) in [5.41, 5.74) is 8.13. The fourth-order valence-electron chi connectivity index (χ4n) is 1.63. The molecule has 0 spiro atoms. The molecule has 5 heteroatoms. The summed E-state index contributed by atoms with van der Waals surface area (Å²) in [6.45, 7) is 0.627. The van der Waals surface area contributed by atoms with Crippen LogP contribution in [0.4, 0.5) is 0 Å². The number of hydrogen-bond donors (Lipinski definition) is 2. The molecule has 4 nitrogen and oxygen atoms in total. The Kier molecular flexibility index (Phi) is 3.02. The molecule has 0 unspecified atom stereocenters. The van der Waals surface area contributed by atoms with Crippen LogP contribution >= 0.6 is 11.3 Å². The Hall–Kier alpha value is -0.940. The number of hydrogen-bond acceptors (Lipinski definition) is 4. The highest BCUT2D eigenvalue weighted by Crippen LogP contribution is 2.28. The van der Waals surface area contributed by atoms with E-state index in [1.165, 1.54) is 0 Å². The van der Waals surface area contributed by atoms with Gasteiger partial charge in [-0.25, -0.2) is 4.98 Å². The number of carbonyl (C=O) groups is 1. The van der Waals surface area contributed by atoms with Gasteiger partial charge in [0.25, 0.3) is 0 Å². The van der Waals surface area contributed by atoms with Crippen molar-refractivity contribution in [3.05, 3.63) is 16.6 Å². The van der Waals surface area contributed by atoms with Gasteiger partial charge in [-0.15, -0.1) is 11.3 Å². The summed E-state index contributed by atoms with van der Waals surface area (Å²) in [4.78, 5) is 15.8. The minimum Gasteiger partial charge on any atom is -0.354 e. The van der Waals surface area contributed by atoms with E-state index in [9.17, 15) is 4.79 Å². The Bertz CT molecular complexity index is 332. The third-order valence-corrected chi connectivity index (χ3v) is 3.48. The van der Waals surface area contributed by atoms with Crippen LogP contribution in [0.2, 0.25) is 0 Å². The van der Waals surface area contributed by atoms with Crippen LogP contribution < -0.4 is 11.1 Å². The van der Waals surface area contributed by atoms with Crippen LogP contribution in [-0.4, -0.2) is 23.0 Å². The summed E-state index contributed by atoms with van der Waals surface area (Å²) in [5, 5.41) is 4.86. The molecule has 1 amide bonds. The highest BCUT2D eigenvalue weighted by molar-refractivity contribution is 7.07. The molecule has 3 N–H and O–H groups in total. The Morgan fingerprint density at radius 2 is 2.47 bits per heavy atom. The zero-order valence-corrected chi connectivity index (χ0v) is 9.35. The molecule has 1 saturated carbocycles. The van der Waals surface area contributed by atoms with E-state index in [0.29, 0.717) is 6.54 Å². The van der Waals surface area contributed by atoms with Gasteiger partial charge >= 0.3 is 0 Å². The SMILES string of the molecule is NC1(C(=O)NCCc2cscn2)CCC1. The summed E-state index contributed by atoms with van der Waals surface area (Å²) in [6.07, 6.45) is 3.48. The summed E-state index contributed by atoms with van der Waals surface area (Å²) in [5.74, 6) is -0.0102. The van der Waals surface area contributed by atoms with Gasteiger partial charge in [-0.05, 0) is 19.3 Å². The molecule has 0 aliphatic heterocycles. The average molecular weight is 225 g/mol. The molecule has 1 fully saturated rings. The molecule has 0 atom stereocenters. The van der Waals surface area contributed by atoms with E-state index in [4.69, 9.17) is 5.73 Å². The number of nitrogens with two attached hydrogens (primary N) is 1. The van der Waals surface area contributed by atoms with Gasteiger partial charge in [-0.3, -0.25) is 4.79 Å². The molecular weight excluding hydrogens is 210 g/mol. The molecule has 1 aromatic rings. The van der Waals surface area contributed by atoms with Crippen molar-refractivity contribution in [2.45, 2.75) is 31.2 Å². The van der Waals surface area contributed by atoms with Crippen molar-refractivity contribution >= 4 is 17.2 Å². The molecule has 1 heterocycles. The highest BCUT2D eigenvalue weighted by atomic mass is 32.1. The molecule has 0 bridgehead atoms. The van der Waals surface area contributed by atoms with Gasteiger partial charge in [0.05, 0.1) is 16.7 Å². The lowest BCUT2D eigenvalue weighted by Gasteiger charge is -2.36. The van der Waals surface area contributed by atoms with Crippen LogP contribution in [-0.2, 0) is 11.2 Å². The van der Waals surface area contributed by atoms with Crippen molar-refractivity contribution in [2.75, 3.05) is 6.54 Å². The minimum atomic E-state index is -0.581. The predicted octanol–water partition coefficient (Wildman–Crippen LogP) is 0.683. The van der Waals surface area contributed by atoms with Gasteiger partial charge in [0.15, 0.2) is 0 Å². The van der Waals surface area contributed by atoms with Crippen LogP contribution in [0.3, 0.4) is 0 Å². The monoisotopic (exact) mass is 225 g/mol. The van der Waals surface area contributed by atoms with Crippen LogP contribution in [0.5, 0.6) is 0 Å². The van der Waals surface area contributed by atoms with E-state index >= 15 is 0 Å². The normalized spacial score (nSPS) is 18.2. The van der Waals surface area contributed by atoms with E-state index in [0.717, 1.165) is 31.4 Å². The average Bonchev–Trinajstić information content (AvgIpc) is 2.66. The first-order valence-electron chi connectivity index (χ1n) is 5.15. The fraction of sp³-hybridized carbons (Fsp3) is 0.600. The first kappa shape index (κ1) is 10.6. The standard InChI is InChI=1S/C10H15N3OS/c11-10(3-1-4-10)9(14)12-5-2-8-6-15-7-13-8/h6-7H,1-5,11H2,(H,12,14). The zero-order valence-electron chi connectivity index (χ0n) is 8.53. The first-order chi connectivity index (χ1) is 7.21. The van der Waals surface area contributed by atoms with Crippen LogP contribution in [0.25, 0.3) is 0 Å². The number of nitrogens with one attached hydrogen (secondary N) is 1. The van der Waals surface area contributed by atoms with Gasteiger partial charge < -0.3 is 11.1 Å². The fourth-order valence-corrected chi connectivity index (χ4v) is 2.22. The Morgan fingerprint density at radius 3 is 3.00 bits per heavy atom. The Balaban J connectivity index is 1.72. The number of rotatable bonds is 4. The van der Waals surface area contributed by atoms with Crippen molar-refractivity contribution in [3.63, 3.8) is 0 Å². The number of carbonyl (C=O) groups excluding carboxylic acids is 1. The van der Waals surface area contributed by atoms with E-state index in [1.54, 1.807) is 16.8 Å². The lowest BCUT2D eigenvalue weighted by molar-refractivity contribution is -0.129. The van der Waals surface area contributed by atoms with Gasteiger partial charge in [0, 0.05) is 18.3 Å². The van der Waals surface area contributed by atoms with Crippen molar-refractivity contribution in [2.24, 2.45) is 5.73 Å². The minimum absolute atomic E-state index is 0.0102. The van der Waals surface area contributed by atoms with E-state index in [2.05, 4.69) is 10.3 Å². The first-order valence-corrected chi connectivity index (χ1v) is 6.09. The number of aromatic nitrogens is 1. The summed E-state index contributed by atoms with van der Waals surface area (Å²) >= 11 is 1.57. The van der Waals surface area contributed by atoms with Crippen molar-refractivity contribution in [3.8, 4) is 0 Å². The highest BCUT2D eigenvalue weighted by Gasteiger charge is 2.39. The molecule has 1 aliphatic carbocycles. The number of thiazole rings is 1. The third-order valence-electron chi connectivity index (χ3n) is 2.85. The second-order valence-corrected chi connectivity index (χ2v) is 4.71. The summed E-state index contributed by atoms with van der Waals surface area (Å²) < 4.78 is 0. The van der Waals surface area contributed by atoms with Crippen LogP contribution in [0.1, 0.15) is 25.0 Å². The molecule has 1 aliphatic rings. The van der Waals surface area contributed by atoms with Gasteiger partial charge in [0.1, 0.15) is 0 Å². The second-order valence-electron chi connectivity index (χ2n) is 4.00. The van der Waals surface area contributed by atoms with Crippen molar-refractivity contribution in [1.29, 1.82) is 0 Å². The molecule has 0 aromatic carbocycles. The molecule has 2 rings (SSSR count). The van der Waals surface area contributed by atoms with Crippen LogP contribution in [0, 0.1) is 0 Å². The Morgan fingerprint density at radius 1 is 1.67 bits per heavy atom. The molecule has 0 radical (unpaired) electrons. The predicted molar refractivity (Wildman–Crippen MR) is 59.6 cm³/mol. The molecular formula is C10H15N3OS.